The quantitative estimate of drug-likeness (QED) is 0.424. The molecule has 6 aliphatic carbocycles. The molecule has 0 aromatic heterocycles. The SMILES string of the molecule is CC1(C)C(=O)CC[C@]2(C)[C@H]3C[C@H]4C5C(=O)[C@]3(CC[C@@H]12)[C@H](I)[C@]54C. The fraction of sp³-hybridized carbons (Fsp3) is 0.900. The highest BCUT2D eigenvalue weighted by Crippen LogP contribution is 2.85. The van der Waals surface area contributed by atoms with Crippen LogP contribution in [0, 0.1) is 45.3 Å². The largest absolute Gasteiger partial charge is 0.299 e. The second-order valence-electron chi connectivity index (χ2n) is 10.2. The minimum Gasteiger partial charge on any atom is -0.299 e. The van der Waals surface area contributed by atoms with E-state index in [-0.39, 0.29) is 16.2 Å². The van der Waals surface area contributed by atoms with Crippen molar-refractivity contribution in [2.24, 2.45) is 45.3 Å². The Labute approximate surface area is 152 Å². The third-order valence-electron chi connectivity index (χ3n) is 9.53. The number of ketones is 2. The third kappa shape index (κ3) is 1.32. The first-order chi connectivity index (χ1) is 10.6. The highest BCUT2D eigenvalue weighted by atomic mass is 127. The Bertz CT molecular complexity index is 654. The first-order valence-electron chi connectivity index (χ1n) is 9.34. The normalized spacial score (nSPS) is 61.9. The molecule has 23 heavy (non-hydrogen) atoms. The molecule has 1 unspecified atom stereocenters. The summed E-state index contributed by atoms with van der Waals surface area (Å²) in [6.45, 7) is 9.16. The van der Waals surface area contributed by atoms with Crippen LogP contribution in [0.15, 0.2) is 0 Å². The molecule has 0 radical (unpaired) electrons. The molecule has 126 valence electrons. The molecular formula is C20H27IO2. The lowest BCUT2D eigenvalue weighted by Crippen LogP contribution is -2.64. The van der Waals surface area contributed by atoms with Crippen molar-refractivity contribution in [3.8, 4) is 0 Å². The van der Waals surface area contributed by atoms with E-state index in [1.165, 1.54) is 6.42 Å². The average Bonchev–Trinajstić information content (AvgIpc) is 3.07. The molecule has 8 atom stereocenters. The molecule has 0 heterocycles. The number of carbonyl (C=O) groups is 2. The fourth-order valence-corrected chi connectivity index (χ4v) is 10.2. The summed E-state index contributed by atoms with van der Waals surface area (Å²) in [6.07, 6.45) is 5.10. The summed E-state index contributed by atoms with van der Waals surface area (Å²) in [5.41, 5.74) is 0.225. The van der Waals surface area contributed by atoms with E-state index in [2.05, 4.69) is 50.3 Å². The molecular weight excluding hydrogens is 399 g/mol. The van der Waals surface area contributed by atoms with Crippen molar-refractivity contribution >= 4 is 34.2 Å². The van der Waals surface area contributed by atoms with Crippen molar-refractivity contribution in [1.29, 1.82) is 0 Å². The maximum Gasteiger partial charge on any atom is 0.144 e. The molecule has 6 fully saturated rings. The Kier molecular flexibility index (Phi) is 2.61. The monoisotopic (exact) mass is 426 g/mol. The molecule has 0 saturated heterocycles. The van der Waals surface area contributed by atoms with E-state index in [4.69, 9.17) is 0 Å². The first-order valence-corrected chi connectivity index (χ1v) is 10.6. The van der Waals surface area contributed by atoms with Crippen LogP contribution in [-0.4, -0.2) is 15.5 Å². The van der Waals surface area contributed by atoms with Crippen LogP contribution in [0.5, 0.6) is 0 Å². The van der Waals surface area contributed by atoms with Gasteiger partial charge in [-0.2, -0.15) is 0 Å². The van der Waals surface area contributed by atoms with Crippen molar-refractivity contribution in [3.63, 3.8) is 0 Å². The third-order valence-corrected chi connectivity index (χ3v) is 12.0. The van der Waals surface area contributed by atoms with Crippen LogP contribution in [-0.2, 0) is 9.59 Å². The van der Waals surface area contributed by atoms with E-state index in [1.807, 2.05) is 0 Å². The van der Waals surface area contributed by atoms with Gasteiger partial charge in [-0.05, 0) is 54.3 Å². The highest BCUT2D eigenvalue weighted by molar-refractivity contribution is 14.1. The molecule has 4 bridgehead atoms. The number of fused-ring (bicyclic) bond motifs is 1. The van der Waals surface area contributed by atoms with Gasteiger partial charge in [-0.1, -0.05) is 50.3 Å². The topological polar surface area (TPSA) is 34.1 Å². The predicted octanol–water partition coefficient (Wildman–Crippen LogP) is 4.44. The molecule has 6 aliphatic rings. The van der Waals surface area contributed by atoms with Gasteiger partial charge in [-0.25, -0.2) is 0 Å². The van der Waals surface area contributed by atoms with E-state index in [1.54, 1.807) is 0 Å². The van der Waals surface area contributed by atoms with Crippen LogP contribution < -0.4 is 0 Å². The number of alkyl halides is 1. The molecule has 0 aromatic carbocycles. The molecule has 1 spiro atoms. The molecule has 6 saturated carbocycles. The molecule has 0 aliphatic heterocycles. The summed E-state index contributed by atoms with van der Waals surface area (Å²) in [7, 11) is 0. The summed E-state index contributed by atoms with van der Waals surface area (Å²) in [4.78, 5) is 25.9. The second kappa shape index (κ2) is 3.91. The first kappa shape index (κ1) is 15.3. The molecule has 0 amide bonds. The lowest BCUT2D eigenvalue weighted by atomic mass is 9.39. The van der Waals surface area contributed by atoms with Crippen molar-refractivity contribution in [1.82, 2.24) is 0 Å². The van der Waals surface area contributed by atoms with Gasteiger partial charge in [0.2, 0.25) is 0 Å². The van der Waals surface area contributed by atoms with Crippen LogP contribution in [0.1, 0.15) is 59.8 Å². The van der Waals surface area contributed by atoms with Crippen LogP contribution >= 0.6 is 22.6 Å². The number of hydrogen-bond acceptors (Lipinski definition) is 2. The standard InChI is InChI=1S/C20H27IO2/c1-17(2)11-5-8-20-12(18(11,3)7-6-13(17)22)9-10-14(15(20)23)19(10,4)16(20)21/h10-12,14,16H,5-9H2,1-4H3/t10-,11-,12+,14?,16+,18-,19-,20+/m0/s1. The van der Waals surface area contributed by atoms with Crippen LogP contribution in [0.4, 0.5) is 0 Å². The number of halogens is 1. The predicted molar refractivity (Wildman–Crippen MR) is 97.3 cm³/mol. The van der Waals surface area contributed by atoms with Gasteiger partial charge >= 0.3 is 0 Å². The molecule has 0 aromatic rings. The average molecular weight is 426 g/mol. The molecule has 6 rings (SSSR count). The number of rotatable bonds is 0. The smallest absolute Gasteiger partial charge is 0.144 e. The van der Waals surface area contributed by atoms with Crippen LogP contribution in [0.25, 0.3) is 0 Å². The van der Waals surface area contributed by atoms with Crippen molar-refractivity contribution < 1.29 is 9.59 Å². The van der Waals surface area contributed by atoms with Gasteiger partial charge < -0.3 is 0 Å². The molecule has 0 N–H and O–H groups in total. The summed E-state index contributed by atoms with van der Waals surface area (Å²) in [5, 5.41) is 0. The maximum atomic E-state index is 13.4. The second-order valence-corrected chi connectivity index (χ2v) is 11.5. The summed E-state index contributed by atoms with van der Waals surface area (Å²) >= 11 is 2.64. The lowest BCUT2D eigenvalue weighted by molar-refractivity contribution is -0.175. The van der Waals surface area contributed by atoms with Crippen molar-refractivity contribution in [3.05, 3.63) is 0 Å². The van der Waals surface area contributed by atoms with Gasteiger partial charge in [0.1, 0.15) is 11.6 Å². The summed E-state index contributed by atoms with van der Waals surface area (Å²) in [5.74, 6) is 3.07. The van der Waals surface area contributed by atoms with Crippen LogP contribution in [0.2, 0.25) is 0 Å². The Hall–Kier alpha value is 0.0700. The highest BCUT2D eigenvalue weighted by Gasteiger charge is 2.86. The minimum atomic E-state index is -0.203. The number of carbonyl (C=O) groups excluding carboxylic acids is 2. The summed E-state index contributed by atoms with van der Waals surface area (Å²) in [6, 6.07) is 0. The Morgan fingerprint density at radius 3 is 2.35 bits per heavy atom. The van der Waals surface area contributed by atoms with Gasteiger partial charge in [0.05, 0.1) is 0 Å². The van der Waals surface area contributed by atoms with E-state index in [0.29, 0.717) is 44.6 Å². The van der Waals surface area contributed by atoms with Crippen molar-refractivity contribution in [2.45, 2.75) is 63.7 Å². The Balaban J connectivity index is 1.64. The minimum absolute atomic E-state index is 0.0591. The van der Waals surface area contributed by atoms with Crippen molar-refractivity contribution in [2.75, 3.05) is 0 Å². The van der Waals surface area contributed by atoms with Gasteiger partial charge in [0.15, 0.2) is 0 Å². The van der Waals surface area contributed by atoms with Gasteiger partial charge in [0, 0.05) is 27.1 Å². The Morgan fingerprint density at radius 1 is 1.04 bits per heavy atom. The molecule has 2 nitrogen and oxygen atoms in total. The number of hydrogen-bond donors (Lipinski definition) is 0. The van der Waals surface area contributed by atoms with E-state index >= 15 is 0 Å². The lowest BCUT2D eigenvalue weighted by Gasteiger charge is -2.65. The maximum absolute atomic E-state index is 13.4. The zero-order valence-electron chi connectivity index (χ0n) is 14.6. The zero-order chi connectivity index (χ0) is 16.6. The molecule has 3 heteroatoms. The summed E-state index contributed by atoms with van der Waals surface area (Å²) < 4.78 is 0.521. The Morgan fingerprint density at radius 2 is 1.74 bits per heavy atom. The zero-order valence-corrected chi connectivity index (χ0v) is 16.8. The number of Topliss-reactive ketones (excluding diaryl/α,β-unsaturated/α-hetero) is 2. The van der Waals surface area contributed by atoms with E-state index in [0.717, 1.165) is 25.7 Å². The van der Waals surface area contributed by atoms with E-state index < -0.39 is 0 Å². The van der Waals surface area contributed by atoms with Crippen LogP contribution in [0.3, 0.4) is 0 Å². The van der Waals surface area contributed by atoms with Gasteiger partial charge in [-0.15, -0.1) is 0 Å². The van der Waals surface area contributed by atoms with E-state index in [9.17, 15) is 9.59 Å². The van der Waals surface area contributed by atoms with Gasteiger partial charge in [0.25, 0.3) is 0 Å². The fourth-order valence-electron chi connectivity index (χ4n) is 8.28. The van der Waals surface area contributed by atoms with Gasteiger partial charge in [-0.3, -0.25) is 9.59 Å².